The molecular formula is C12H27NO. The summed E-state index contributed by atoms with van der Waals surface area (Å²) in [4.78, 5) is 0. The van der Waals surface area contributed by atoms with Crippen LogP contribution >= 0.6 is 0 Å². The second-order valence-electron chi connectivity index (χ2n) is 4.18. The van der Waals surface area contributed by atoms with Crippen molar-refractivity contribution in [3.05, 3.63) is 0 Å². The zero-order chi connectivity index (χ0) is 10.6. The van der Waals surface area contributed by atoms with E-state index in [9.17, 15) is 0 Å². The van der Waals surface area contributed by atoms with Crippen LogP contribution in [0.4, 0.5) is 0 Å². The minimum Gasteiger partial charge on any atom is -0.396 e. The van der Waals surface area contributed by atoms with Gasteiger partial charge in [-0.25, -0.2) is 0 Å². The number of hydrogen-bond acceptors (Lipinski definition) is 2. The summed E-state index contributed by atoms with van der Waals surface area (Å²) < 4.78 is 0. The Bertz CT molecular complexity index is 94.5. The van der Waals surface area contributed by atoms with Crippen molar-refractivity contribution in [2.45, 2.75) is 70.8 Å². The molecule has 0 bridgehead atoms. The zero-order valence-corrected chi connectivity index (χ0v) is 9.67. The standard InChI is InChI=1S/C12H27NO/c1-2-3-4-6-9-12(13)10-7-5-8-11-14/h12,14H,2-11,13H2,1H3. The Labute approximate surface area is 88.9 Å². The van der Waals surface area contributed by atoms with Gasteiger partial charge in [-0.3, -0.25) is 0 Å². The van der Waals surface area contributed by atoms with Crippen molar-refractivity contribution in [3.8, 4) is 0 Å². The lowest BCUT2D eigenvalue weighted by Crippen LogP contribution is -2.19. The van der Waals surface area contributed by atoms with Crippen LogP contribution in [0.25, 0.3) is 0 Å². The minimum absolute atomic E-state index is 0.325. The molecule has 0 fully saturated rings. The van der Waals surface area contributed by atoms with Crippen LogP contribution in [0, 0.1) is 0 Å². The van der Waals surface area contributed by atoms with Crippen molar-refractivity contribution >= 4 is 0 Å². The lowest BCUT2D eigenvalue weighted by atomic mass is 10.0. The molecule has 0 aliphatic rings. The van der Waals surface area contributed by atoms with Crippen molar-refractivity contribution in [3.63, 3.8) is 0 Å². The summed E-state index contributed by atoms with van der Waals surface area (Å²) in [5.74, 6) is 0. The van der Waals surface area contributed by atoms with Gasteiger partial charge in [0.15, 0.2) is 0 Å². The number of aliphatic hydroxyl groups excluding tert-OH is 1. The van der Waals surface area contributed by atoms with Crippen molar-refractivity contribution in [1.29, 1.82) is 0 Å². The van der Waals surface area contributed by atoms with E-state index >= 15 is 0 Å². The highest BCUT2D eigenvalue weighted by Crippen LogP contribution is 2.09. The molecule has 0 aromatic rings. The van der Waals surface area contributed by atoms with Gasteiger partial charge >= 0.3 is 0 Å². The Morgan fingerprint density at radius 3 is 2.00 bits per heavy atom. The van der Waals surface area contributed by atoms with Gasteiger partial charge in [-0.1, -0.05) is 45.4 Å². The third-order valence-electron chi connectivity index (χ3n) is 2.66. The molecular weight excluding hydrogens is 174 g/mol. The van der Waals surface area contributed by atoms with Gasteiger partial charge in [-0.2, -0.15) is 0 Å². The Morgan fingerprint density at radius 2 is 1.50 bits per heavy atom. The van der Waals surface area contributed by atoms with Gasteiger partial charge < -0.3 is 10.8 Å². The maximum Gasteiger partial charge on any atom is 0.0431 e. The first-order valence-corrected chi connectivity index (χ1v) is 6.17. The normalized spacial score (nSPS) is 13.1. The molecule has 2 heteroatoms. The zero-order valence-electron chi connectivity index (χ0n) is 9.67. The third-order valence-corrected chi connectivity index (χ3v) is 2.66. The van der Waals surface area contributed by atoms with Gasteiger partial charge in [-0.05, 0) is 19.3 Å². The van der Waals surface area contributed by atoms with Crippen LogP contribution < -0.4 is 5.73 Å². The van der Waals surface area contributed by atoms with Crippen LogP contribution in [-0.2, 0) is 0 Å². The van der Waals surface area contributed by atoms with E-state index in [1.165, 1.54) is 38.5 Å². The highest BCUT2D eigenvalue weighted by atomic mass is 16.2. The highest BCUT2D eigenvalue weighted by Gasteiger charge is 2.01. The molecule has 0 radical (unpaired) electrons. The Kier molecular flexibility index (Phi) is 10.9. The molecule has 3 N–H and O–H groups in total. The largest absolute Gasteiger partial charge is 0.396 e. The van der Waals surface area contributed by atoms with Gasteiger partial charge in [-0.15, -0.1) is 0 Å². The molecule has 0 saturated carbocycles. The Morgan fingerprint density at radius 1 is 0.929 bits per heavy atom. The van der Waals surface area contributed by atoms with Crippen molar-refractivity contribution in [2.75, 3.05) is 6.61 Å². The van der Waals surface area contributed by atoms with E-state index < -0.39 is 0 Å². The lowest BCUT2D eigenvalue weighted by molar-refractivity contribution is 0.281. The molecule has 0 saturated heterocycles. The van der Waals surface area contributed by atoms with Gasteiger partial charge in [0.25, 0.3) is 0 Å². The van der Waals surface area contributed by atoms with E-state index in [1.54, 1.807) is 0 Å². The number of rotatable bonds is 10. The average molecular weight is 201 g/mol. The molecule has 0 aliphatic heterocycles. The highest BCUT2D eigenvalue weighted by molar-refractivity contribution is 4.61. The van der Waals surface area contributed by atoms with Gasteiger partial charge in [0.05, 0.1) is 0 Å². The predicted octanol–water partition coefficient (Wildman–Crippen LogP) is 2.84. The first-order valence-electron chi connectivity index (χ1n) is 6.17. The molecule has 14 heavy (non-hydrogen) atoms. The van der Waals surface area contributed by atoms with Crippen LogP contribution in [0.1, 0.15) is 64.7 Å². The fourth-order valence-corrected chi connectivity index (χ4v) is 1.67. The maximum absolute atomic E-state index is 8.60. The molecule has 0 spiro atoms. The summed E-state index contributed by atoms with van der Waals surface area (Å²) >= 11 is 0. The van der Waals surface area contributed by atoms with Crippen LogP contribution in [0.5, 0.6) is 0 Å². The quantitative estimate of drug-likeness (QED) is 0.534. The van der Waals surface area contributed by atoms with Crippen molar-refractivity contribution in [1.82, 2.24) is 0 Å². The van der Waals surface area contributed by atoms with Crippen molar-refractivity contribution in [2.24, 2.45) is 5.73 Å². The van der Waals surface area contributed by atoms with E-state index in [4.69, 9.17) is 10.8 Å². The molecule has 0 aromatic carbocycles. The Hall–Kier alpha value is -0.0800. The smallest absolute Gasteiger partial charge is 0.0431 e. The summed E-state index contributed by atoms with van der Waals surface area (Å²) in [6, 6.07) is 0.394. The van der Waals surface area contributed by atoms with E-state index in [-0.39, 0.29) is 0 Å². The van der Waals surface area contributed by atoms with E-state index in [1.807, 2.05) is 0 Å². The molecule has 0 amide bonds. The molecule has 1 unspecified atom stereocenters. The summed E-state index contributed by atoms with van der Waals surface area (Å²) in [7, 11) is 0. The number of nitrogens with two attached hydrogens (primary N) is 1. The number of hydrogen-bond donors (Lipinski definition) is 2. The van der Waals surface area contributed by atoms with Crippen LogP contribution in [0.2, 0.25) is 0 Å². The summed E-state index contributed by atoms with van der Waals surface area (Å²) in [6.45, 7) is 2.56. The molecule has 0 heterocycles. The molecule has 2 nitrogen and oxygen atoms in total. The molecule has 86 valence electrons. The SMILES string of the molecule is CCCCCCC(N)CCCCCO. The molecule has 0 aliphatic carbocycles. The van der Waals surface area contributed by atoms with Gasteiger partial charge in [0.1, 0.15) is 0 Å². The number of aliphatic hydroxyl groups is 1. The topological polar surface area (TPSA) is 46.2 Å². The second kappa shape index (κ2) is 11.0. The second-order valence-corrected chi connectivity index (χ2v) is 4.18. The summed E-state index contributed by atoms with van der Waals surface area (Å²) in [5, 5.41) is 8.60. The van der Waals surface area contributed by atoms with E-state index in [2.05, 4.69) is 6.92 Å². The van der Waals surface area contributed by atoms with Crippen molar-refractivity contribution < 1.29 is 5.11 Å². The van der Waals surface area contributed by atoms with Gasteiger partial charge in [0, 0.05) is 12.6 Å². The minimum atomic E-state index is 0.325. The molecule has 1 atom stereocenters. The van der Waals surface area contributed by atoms with Crippen LogP contribution in [0.15, 0.2) is 0 Å². The summed E-state index contributed by atoms with van der Waals surface area (Å²) in [6.07, 6.45) is 10.8. The lowest BCUT2D eigenvalue weighted by Gasteiger charge is -2.10. The van der Waals surface area contributed by atoms with Crippen LogP contribution in [-0.4, -0.2) is 17.8 Å². The Balaban J connectivity index is 3.07. The first kappa shape index (κ1) is 13.9. The maximum atomic E-state index is 8.60. The number of unbranched alkanes of at least 4 members (excludes halogenated alkanes) is 5. The molecule has 0 aromatic heterocycles. The fourth-order valence-electron chi connectivity index (χ4n) is 1.67. The average Bonchev–Trinajstić information content (AvgIpc) is 2.19. The predicted molar refractivity (Wildman–Crippen MR) is 62.3 cm³/mol. The molecule has 0 rings (SSSR count). The van der Waals surface area contributed by atoms with Gasteiger partial charge in [0.2, 0.25) is 0 Å². The monoisotopic (exact) mass is 201 g/mol. The first-order chi connectivity index (χ1) is 6.81. The summed E-state index contributed by atoms with van der Waals surface area (Å²) in [5.41, 5.74) is 5.98. The van der Waals surface area contributed by atoms with Crippen LogP contribution in [0.3, 0.4) is 0 Å². The van der Waals surface area contributed by atoms with E-state index in [0.29, 0.717) is 12.6 Å². The fraction of sp³-hybridized carbons (Fsp3) is 1.00. The third kappa shape index (κ3) is 10.0. The van der Waals surface area contributed by atoms with E-state index in [0.717, 1.165) is 19.3 Å².